The maximum atomic E-state index is 11.9. The van der Waals surface area contributed by atoms with Gasteiger partial charge in [0.25, 0.3) is 0 Å². The lowest BCUT2D eigenvalue weighted by molar-refractivity contribution is -0.150. The fourth-order valence-corrected chi connectivity index (χ4v) is 2.94. The van der Waals surface area contributed by atoms with Gasteiger partial charge in [-0.15, -0.1) is 0 Å². The minimum atomic E-state index is -0.729. The molecule has 0 saturated heterocycles. The van der Waals surface area contributed by atoms with Gasteiger partial charge < -0.3 is 14.2 Å². The van der Waals surface area contributed by atoms with Gasteiger partial charge in [-0.2, -0.15) is 0 Å². The van der Waals surface area contributed by atoms with Crippen LogP contribution in [-0.4, -0.2) is 23.7 Å². The Morgan fingerprint density at radius 2 is 1.78 bits per heavy atom. The van der Waals surface area contributed by atoms with Crippen molar-refractivity contribution in [3.8, 4) is 17.4 Å². The van der Waals surface area contributed by atoms with E-state index in [0.717, 1.165) is 10.8 Å². The molecule has 1 unspecified atom stereocenters. The number of rotatable bonds is 6. The largest absolute Gasteiger partial charge is 0.478 e. The predicted octanol–water partition coefficient (Wildman–Crippen LogP) is 5.66. The summed E-state index contributed by atoms with van der Waals surface area (Å²) in [5.41, 5.74) is 0. The Morgan fingerprint density at radius 1 is 1.11 bits per heavy atom. The number of aromatic nitrogens is 1. The number of halogens is 2. The van der Waals surface area contributed by atoms with Gasteiger partial charge in [0.1, 0.15) is 16.5 Å². The van der Waals surface area contributed by atoms with E-state index >= 15 is 0 Å². The van der Waals surface area contributed by atoms with Gasteiger partial charge in [-0.1, -0.05) is 47.5 Å². The maximum Gasteiger partial charge on any atom is 0.347 e. The molecule has 0 bridgehead atoms. The summed E-state index contributed by atoms with van der Waals surface area (Å²) in [4.78, 5) is 16.0. The van der Waals surface area contributed by atoms with Crippen molar-refractivity contribution >= 4 is 39.9 Å². The molecule has 0 aliphatic heterocycles. The Bertz CT molecular complexity index is 977. The zero-order chi connectivity index (χ0) is 19.4. The second-order valence-corrected chi connectivity index (χ2v) is 6.51. The highest BCUT2D eigenvalue weighted by Crippen LogP contribution is 2.36. The number of fused-ring (bicyclic) bond motifs is 1. The van der Waals surface area contributed by atoms with Crippen LogP contribution in [0.3, 0.4) is 0 Å². The van der Waals surface area contributed by atoms with E-state index in [1.54, 1.807) is 32.0 Å². The highest BCUT2D eigenvalue weighted by Gasteiger charge is 2.18. The number of hydrogen-bond acceptors (Lipinski definition) is 5. The molecule has 0 radical (unpaired) electrons. The zero-order valence-electron chi connectivity index (χ0n) is 14.7. The van der Waals surface area contributed by atoms with Crippen molar-refractivity contribution in [2.45, 2.75) is 20.0 Å². The molecule has 1 heterocycles. The third-order valence-electron chi connectivity index (χ3n) is 3.75. The Morgan fingerprint density at radius 3 is 2.44 bits per heavy atom. The van der Waals surface area contributed by atoms with Crippen LogP contribution in [0.1, 0.15) is 13.8 Å². The molecular formula is C20H17Cl2NO4. The molecule has 140 valence electrons. The lowest BCUT2D eigenvalue weighted by Gasteiger charge is -2.16. The first-order valence-corrected chi connectivity index (χ1v) is 9.09. The van der Waals surface area contributed by atoms with Crippen molar-refractivity contribution in [3.63, 3.8) is 0 Å². The molecule has 0 aliphatic carbocycles. The van der Waals surface area contributed by atoms with Crippen molar-refractivity contribution in [2.75, 3.05) is 6.61 Å². The van der Waals surface area contributed by atoms with E-state index in [1.165, 1.54) is 6.20 Å². The molecule has 27 heavy (non-hydrogen) atoms. The second-order valence-electron chi connectivity index (χ2n) is 5.66. The first-order valence-electron chi connectivity index (χ1n) is 8.33. The lowest BCUT2D eigenvalue weighted by atomic mass is 10.1. The Kier molecular flexibility index (Phi) is 6.04. The molecule has 0 aliphatic rings. The van der Waals surface area contributed by atoms with E-state index in [1.807, 2.05) is 24.3 Å². The number of nitrogens with zero attached hydrogens (tertiary/aromatic N) is 1. The molecule has 0 amide bonds. The SMILES string of the molecule is CCOC(=O)C(C)Oc1cccc2c(Oc3ncc(Cl)cc3Cl)cccc12. The first kappa shape index (κ1) is 19.3. The molecule has 3 aromatic rings. The molecule has 7 heteroatoms. The first-order chi connectivity index (χ1) is 13.0. The highest BCUT2D eigenvalue weighted by atomic mass is 35.5. The lowest BCUT2D eigenvalue weighted by Crippen LogP contribution is -2.26. The van der Waals surface area contributed by atoms with Crippen molar-refractivity contribution < 1.29 is 19.0 Å². The molecule has 3 rings (SSSR count). The minimum Gasteiger partial charge on any atom is -0.478 e. The summed E-state index contributed by atoms with van der Waals surface area (Å²) >= 11 is 12.0. The minimum absolute atomic E-state index is 0.250. The standard InChI is InChI=1S/C20H17Cl2NO4/c1-3-25-20(24)12(2)26-17-8-4-7-15-14(17)6-5-9-18(15)27-19-16(22)10-13(21)11-23-19/h4-12H,3H2,1-2H3. The summed E-state index contributed by atoms with van der Waals surface area (Å²) in [6.45, 7) is 3.70. The van der Waals surface area contributed by atoms with Crippen molar-refractivity contribution in [3.05, 3.63) is 58.7 Å². The third-order valence-corrected chi connectivity index (χ3v) is 4.22. The molecule has 0 saturated carbocycles. The van der Waals surface area contributed by atoms with Crippen LogP contribution in [0.25, 0.3) is 10.8 Å². The summed E-state index contributed by atoms with van der Waals surface area (Å²) in [6, 6.07) is 12.6. The fraction of sp³-hybridized carbons (Fsp3) is 0.200. The van der Waals surface area contributed by atoms with Crippen molar-refractivity contribution in [1.29, 1.82) is 0 Å². The number of benzene rings is 2. The van der Waals surface area contributed by atoms with E-state index in [4.69, 9.17) is 37.4 Å². The smallest absolute Gasteiger partial charge is 0.347 e. The zero-order valence-corrected chi connectivity index (χ0v) is 16.3. The van der Waals surface area contributed by atoms with Gasteiger partial charge in [-0.05, 0) is 32.0 Å². The molecule has 2 aromatic carbocycles. The Hall–Kier alpha value is -2.50. The number of carbonyl (C=O) groups is 1. The Balaban J connectivity index is 1.94. The number of pyridine rings is 1. The van der Waals surface area contributed by atoms with Gasteiger partial charge in [0, 0.05) is 17.0 Å². The van der Waals surface area contributed by atoms with Crippen LogP contribution >= 0.6 is 23.2 Å². The summed E-state index contributed by atoms with van der Waals surface area (Å²) in [7, 11) is 0. The number of ether oxygens (including phenoxy) is 3. The van der Waals surface area contributed by atoms with E-state index in [-0.39, 0.29) is 5.88 Å². The van der Waals surface area contributed by atoms with Crippen LogP contribution in [-0.2, 0) is 9.53 Å². The van der Waals surface area contributed by atoms with E-state index in [2.05, 4.69) is 4.98 Å². The molecule has 1 aromatic heterocycles. The third kappa shape index (κ3) is 4.43. The van der Waals surface area contributed by atoms with Crippen LogP contribution < -0.4 is 9.47 Å². The average Bonchev–Trinajstić information content (AvgIpc) is 2.65. The van der Waals surface area contributed by atoms with Gasteiger partial charge in [-0.25, -0.2) is 9.78 Å². The van der Waals surface area contributed by atoms with Gasteiger partial charge in [-0.3, -0.25) is 0 Å². The van der Waals surface area contributed by atoms with Crippen LogP contribution in [0.5, 0.6) is 17.4 Å². The summed E-state index contributed by atoms with van der Waals surface area (Å²) in [5.74, 6) is 0.936. The van der Waals surface area contributed by atoms with E-state index in [0.29, 0.717) is 28.2 Å². The number of carbonyl (C=O) groups excluding carboxylic acids is 1. The van der Waals surface area contributed by atoms with Crippen LogP contribution in [0.2, 0.25) is 10.0 Å². The average molecular weight is 406 g/mol. The van der Waals surface area contributed by atoms with Crippen molar-refractivity contribution in [2.24, 2.45) is 0 Å². The van der Waals surface area contributed by atoms with E-state index < -0.39 is 12.1 Å². The maximum absolute atomic E-state index is 11.9. The Labute approximate surface area is 166 Å². The predicted molar refractivity (Wildman–Crippen MR) is 105 cm³/mol. The van der Waals surface area contributed by atoms with Crippen LogP contribution in [0.15, 0.2) is 48.7 Å². The molecular weight excluding hydrogens is 389 g/mol. The molecule has 5 nitrogen and oxygen atoms in total. The van der Waals surface area contributed by atoms with Crippen LogP contribution in [0, 0.1) is 0 Å². The highest BCUT2D eigenvalue weighted by molar-refractivity contribution is 6.35. The molecule has 0 N–H and O–H groups in total. The quantitative estimate of drug-likeness (QED) is 0.494. The van der Waals surface area contributed by atoms with Crippen molar-refractivity contribution in [1.82, 2.24) is 4.98 Å². The summed E-state index contributed by atoms with van der Waals surface area (Å²) in [5, 5.41) is 2.31. The summed E-state index contributed by atoms with van der Waals surface area (Å²) in [6.07, 6.45) is 0.733. The normalized spacial score (nSPS) is 11.9. The van der Waals surface area contributed by atoms with E-state index in [9.17, 15) is 4.79 Å². The molecule has 0 spiro atoms. The van der Waals surface area contributed by atoms with Gasteiger partial charge in [0.05, 0.1) is 11.6 Å². The van der Waals surface area contributed by atoms with Crippen LogP contribution in [0.4, 0.5) is 0 Å². The van der Waals surface area contributed by atoms with Gasteiger partial charge >= 0.3 is 5.97 Å². The second kappa shape index (κ2) is 8.46. The topological polar surface area (TPSA) is 57.7 Å². The fourth-order valence-electron chi connectivity index (χ4n) is 2.52. The molecule has 0 fully saturated rings. The van der Waals surface area contributed by atoms with Gasteiger partial charge in [0.2, 0.25) is 5.88 Å². The van der Waals surface area contributed by atoms with Gasteiger partial charge in [0.15, 0.2) is 6.10 Å². The number of esters is 1. The number of hydrogen-bond donors (Lipinski definition) is 0. The summed E-state index contributed by atoms with van der Waals surface area (Å²) < 4.78 is 16.7. The molecule has 1 atom stereocenters. The monoisotopic (exact) mass is 405 g/mol.